The molecule has 0 saturated carbocycles. The third kappa shape index (κ3) is 31.4. The molecule has 0 aromatic heterocycles. The smallest absolute Gasteiger partial charge is 0.306 e. The molecule has 0 saturated heterocycles. The third-order valence-electron chi connectivity index (χ3n) is 7.74. The summed E-state index contributed by atoms with van der Waals surface area (Å²) in [5.74, 6) is -0.954. The highest BCUT2D eigenvalue weighted by Crippen LogP contribution is 2.13. The molecule has 0 bridgehead atoms. The minimum absolute atomic E-state index is 0.0770. The topological polar surface area (TPSA) is 78.9 Å². The molecular weight excluding hydrogens is 540 g/mol. The van der Waals surface area contributed by atoms with Gasteiger partial charge in [-0.25, -0.2) is 0 Å². The van der Waals surface area contributed by atoms with Crippen molar-refractivity contribution in [2.75, 3.05) is 13.2 Å². The van der Waals surface area contributed by atoms with Crippen LogP contribution < -0.4 is 0 Å². The maximum Gasteiger partial charge on any atom is 0.306 e. The monoisotopic (exact) mass is 609 g/mol. The van der Waals surface area contributed by atoms with E-state index < -0.39 is 6.10 Å². The van der Waals surface area contributed by atoms with Gasteiger partial charge >= 0.3 is 17.9 Å². The molecule has 0 fully saturated rings. The Bertz CT molecular complexity index is 674. The highest BCUT2D eigenvalue weighted by molar-refractivity contribution is 5.71. The van der Waals surface area contributed by atoms with Crippen molar-refractivity contribution in [3.8, 4) is 0 Å². The largest absolute Gasteiger partial charge is 0.462 e. The lowest BCUT2D eigenvalue weighted by molar-refractivity contribution is -0.166. The van der Waals surface area contributed by atoms with Gasteiger partial charge in [0.05, 0.1) is 0 Å². The van der Waals surface area contributed by atoms with Crippen molar-refractivity contribution in [3.63, 3.8) is 0 Å². The van der Waals surface area contributed by atoms with Crippen LogP contribution in [0.25, 0.3) is 0 Å². The van der Waals surface area contributed by atoms with E-state index in [4.69, 9.17) is 14.2 Å². The van der Waals surface area contributed by atoms with Crippen molar-refractivity contribution in [1.82, 2.24) is 0 Å². The number of unbranched alkanes of at least 4 members (excludes halogenated alkanes) is 19. The standard InChI is InChI=1S/C37H68O6/c1-4-7-9-11-13-15-16-17-18-19-20-22-24-26-28-31-36(39)42-33-34(43-37(40)29-6-3)32-41-35(38)30-27-25-23-21-14-12-10-8-5-2/h17-18,34H,4-16,19-33H2,1-3H3/b18-17-. The van der Waals surface area contributed by atoms with Gasteiger partial charge in [-0.3, -0.25) is 14.4 Å². The van der Waals surface area contributed by atoms with Crippen molar-refractivity contribution in [1.29, 1.82) is 0 Å². The molecule has 0 aromatic rings. The van der Waals surface area contributed by atoms with Gasteiger partial charge in [-0.2, -0.15) is 0 Å². The first-order valence-electron chi connectivity index (χ1n) is 18.2. The van der Waals surface area contributed by atoms with Crippen molar-refractivity contribution < 1.29 is 28.6 Å². The number of hydrogen-bond donors (Lipinski definition) is 0. The molecule has 0 aliphatic carbocycles. The zero-order valence-corrected chi connectivity index (χ0v) is 28.5. The summed E-state index contributed by atoms with van der Waals surface area (Å²) >= 11 is 0. The average molecular weight is 609 g/mol. The van der Waals surface area contributed by atoms with E-state index in [9.17, 15) is 14.4 Å². The van der Waals surface area contributed by atoms with Crippen LogP contribution in [0.5, 0.6) is 0 Å². The van der Waals surface area contributed by atoms with Gasteiger partial charge in [0.15, 0.2) is 6.10 Å². The molecule has 0 radical (unpaired) electrons. The van der Waals surface area contributed by atoms with Crippen LogP contribution in [0.4, 0.5) is 0 Å². The molecular formula is C37H68O6. The van der Waals surface area contributed by atoms with E-state index in [-0.39, 0.29) is 37.5 Å². The summed E-state index contributed by atoms with van der Waals surface area (Å²) in [6.07, 6.45) is 31.9. The van der Waals surface area contributed by atoms with Gasteiger partial charge in [0.25, 0.3) is 0 Å². The molecule has 0 rings (SSSR count). The van der Waals surface area contributed by atoms with Crippen LogP contribution in [-0.2, 0) is 28.6 Å². The Morgan fingerprint density at radius 1 is 0.442 bits per heavy atom. The Kier molecular flexibility index (Phi) is 31.6. The normalized spacial score (nSPS) is 12.0. The molecule has 1 atom stereocenters. The molecule has 0 aliphatic heterocycles. The van der Waals surface area contributed by atoms with E-state index in [1.807, 2.05) is 6.92 Å². The summed E-state index contributed by atoms with van der Waals surface area (Å²) in [5.41, 5.74) is 0. The minimum atomic E-state index is -0.760. The van der Waals surface area contributed by atoms with Gasteiger partial charge in [0.2, 0.25) is 0 Å². The molecule has 0 heterocycles. The van der Waals surface area contributed by atoms with Crippen molar-refractivity contribution in [3.05, 3.63) is 12.2 Å². The summed E-state index contributed by atoms with van der Waals surface area (Å²) < 4.78 is 16.2. The van der Waals surface area contributed by atoms with Crippen LogP contribution >= 0.6 is 0 Å². The molecule has 43 heavy (non-hydrogen) atoms. The SMILES string of the molecule is CCCCCCCC/C=C\CCCCCCCC(=O)OCC(COC(=O)CCCCCCCCCCC)OC(=O)CCC. The number of esters is 3. The van der Waals surface area contributed by atoms with Crippen LogP contribution in [0.15, 0.2) is 12.2 Å². The second kappa shape index (κ2) is 33.1. The highest BCUT2D eigenvalue weighted by Gasteiger charge is 2.19. The maximum absolute atomic E-state index is 12.3. The predicted molar refractivity (Wildman–Crippen MR) is 178 cm³/mol. The van der Waals surface area contributed by atoms with Crippen molar-refractivity contribution in [2.24, 2.45) is 0 Å². The van der Waals surface area contributed by atoms with Crippen LogP contribution in [-0.4, -0.2) is 37.2 Å². The van der Waals surface area contributed by atoms with Gasteiger partial charge in [-0.15, -0.1) is 0 Å². The van der Waals surface area contributed by atoms with Gasteiger partial charge in [-0.1, -0.05) is 136 Å². The Morgan fingerprint density at radius 3 is 1.21 bits per heavy atom. The summed E-state index contributed by atoms with van der Waals surface area (Å²) in [6.45, 7) is 6.22. The van der Waals surface area contributed by atoms with Gasteiger partial charge in [0, 0.05) is 19.3 Å². The van der Waals surface area contributed by atoms with Gasteiger partial charge in [0.1, 0.15) is 13.2 Å². The number of carbonyl (C=O) groups is 3. The second-order valence-electron chi connectivity index (χ2n) is 12.1. The lowest BCUT2D eigenvalue weighted by Gasteiger charge is -2.18. The first-order chi connectivity index (χ1) is 21.0. The van der Waals surface area contributed by atoms with Gasteiger partial charge < -0.3 is 14.2 Å². The van der Waals surface area contributed by atoms with E-state index in [2.05, 4.69) is 26.0 Å². The summed E-state index contributed by atoms with van der Waals surface area (Å²) in [5, 5.41) is 0. The molecule has 0 N–H and O–H groups in total. The molecule has 0 amide bonds. The van der Waals surface area contributed by atoms with Crippen molar-refractivity contribution >= 4 is 17.9 Å². The number of hydrogen-bond acceptors (Lipinski definition) is 6. The number of carbonyl (C=O) groups excluding carboxylic acids is 3. The van der Waals surface area contributed by atoms with Crippen LogP contribution in [0.1, 0.15) is 188 Å². The van der Waals surface area contributed by atoms with E-state index >= 15 is 0 Å². The molecule has 6 heteroatoms. The van der Waals surface area contributed by atoms with Crippen LogP contribution in [0.2, 0.25) is 0 Å². The van der Waals surface area contributed by atoms with E-state index in [0.717, 1.165) is 44.9 Å². The van der Waals surface area contributed by atoms with E-state index in [1.165, 1.54) is 96.3 Å². The predicted octanol–water partition coefficient (Wildman–Crippen LogP) is 10.7. The first kappa shape index (κ1) is 41.1. The first-order valence-corrected chi connectivity index (χ1v) is 18.2. The fourth-order valence-corrected chi connectivity index (χ4v) is 5.00. The number of allylic oxidation sites excluding steroid dienone is 2. The molecule has 6 nitrogen and oxygen atoms in total. The maximum atomic E-state index is 12.3. The Morgan fingerprint density at radius 2 is 0.814 bits per heavy atom. The quantitative estimate of drug-likeness (QED) is 0.0327. The third-order valence-corrected chi connectivity index (χ3v) is 7.74. The fraction of sp³-hybridized carbons (Fsp3) is 0.865. The summed E-state index contributed by atoms with van der Waals surface area (Å²) in [7, 11) is 0. The highest BCUT2D eigenvalue weighted by atomic mass is 16.6. The average Bonchev–Trinajstić information content (AvgIpc) is 2.99. The summed E-state index contributed by atoms with van der Waals surface area (Å²) in [4.78, 5) is 36.5. The lowest BCUT2D eigenvalue weighted by Crippen LogP contribution is -2.30. The van der Waals surface area contributed by atoms with Crippen molar-refractivity contribution in [2.45, 2.75) is 194 Å². The molecule has 1 unspecified atom stereocenters. The molecule has 0 spiro atoms. The Balaban J connectivity index is 3.97. The Labute approximate surface area is 265 Å². The number of rotatable bonds is 32. The fourth-order valence-electron chi connectivity index (χ4n) is 5.00. The molecule has 0 aromatic carbocycles. The van der Waals surface area contributed by atoms with E-state index in [0.29, 0.717) is 19.3 Å². The lowest BCUT2D eigenvalue weighted by atomic mass is 10.1. The molecule has 252 valence electrons. The zero-order chi connectivity index (χ0) is 31.6. The van der Waals surface area contributed by atoms with E-state index in [1.54, 1.807) is 0 Å². The Hall–Kier alpha value is -1.85. The van der Waals surface area contributed by atoms with Crippen LogP contribution in [0, 0.1) is 0 Å². The van der Waals surface area contributed by atoms with Crippen LogP contribution in [0.3, 0.4) is 0 Å². The zero-order valence-electron chi connectivity index (χ0n) is 28.5. The minimum Gasteiger partial charge on any atom is -0.462 e. The second-order valence-corrected chi connectivity index (χ2v) is 12.1. The summed E-state index contributed by atoms with van der Waals surface area (Å²) in [6, 6.07) is 0. The van der Waals surface area contributed by atoms with Gasteiger partial charge in [-0.05, 0) is 44.9 Å². The molecule has 0 aliphatic rings. The number of ether oxygens (including phenoxy) is 3.